The largest absolute Gasteiger partial charge is 0.469 e. The van der Waals surface area contributed by atoms with Gasteiger partial charge < -0.3 is 9.15 Å². The van der Waals surface area contributed by atoms with E-state index in [0.29, 0.717) is 29.1 Å². The number of ether oxygens (including phenoxy) is 1. The van der Waals surface area contributed by atoms with Crippen molar-refractivity contribution in [3.05, 3.63) is 70.3 Å². The number of hydrogen-bond donors (Lipinski definition) is 0. The van der Waals surface area contributed by atoms with Gasteiger partial charge in [0.05, 0.1) is 13.4 Å². The maximum absolute atomic E-state index is 13.2. The molecule has 0 saturated heterocycles. The number of Topliss-reactive ketones (excluding diaryl/α,β-unsaturated/α-hetero) is 1. The normalized spacial score (nSPS) is 24.6. The Hall–Kier alpha value is -2.66. The maximum atomic E-state index is 13.2. The number of rotatable bonds is 3. The summed E-state index contributed by atoms with van der Waals surface area (Å²) in [5.41, 5.74) is 2.84. The molecule has 1 unspecified atom stereocenters. The number of aliphatic imine (C=N–C) groups is 1. The van der Waals surface area contributed by atoms with E-state index in [4.69, 9.17) is 20.8 Å². The number of ketones is 1. The maximum Gasteiger partial charge on any atom is 0.315 e. The summed E-state index contributed by atoms with van der Waals surface area (Å²) in [6.07, 6.45) is 2.55. The molecular weight excluding hydrogens is 378 g/mol. The van der Waals surface area contributed by atoms with E-state index >= 15 is 0 Å². The van der Waals surface area contributed by atoms with Crippen LogP contribution in [0.15, 0.2) is 63.3 Å². The van der Waals surface area contributed by atoms with Gasteiger partial charge in [-0.2, -0.15) is 0 Å². The molecule has 2 aliphatic rings. The van der Waals surface area contributed by atoms with E-state index in [2.05, 4.69) is 4.99 Å². The molecule has 0 saturated carbocycles. The van der Waals surface area contributed by atoms with Crippen molar-refractivity contribution in [1.29, 1.82) is 0 Å². The Morgan fingerprint density at radius 1 is 1.21 bits per heavy atom. The Balaban J connectivity index is 1.82. The van der Waals surface area contributed by atoms with Gasteiger partial charge in [-0.3, -0.25) is 14.6 Å². The summed E-state index contributed by atoms with van der Waals surface area (Å²) in [6, 6.07) is 11.0. The van der Waals surface area contributed by atoms with E-state index < -0.39 is 17.8 Å². The van der Waals surface area contributed by atoms with Gasteiger partial charge in [-0.15, -0.1) is 0 Å². The molecule has 1 aliphatic carbocycles. The van der Waals surface area contributed by atoms with Gasteiger partial charge >= 0.3 is 5.97 Å². The van der Waals surface area contributed by atoms with Crippen LogP contribution >= 0.6 is 11.6 Å². The summed E-state index contributed by atoms with van der Waals surface area (Å²) in [7, 11) is 1.36. The number of esters is 1. The highest BCUT2D eigenvalue weighted by Crippen LogP contribution is 2.46. The molecule has 0 spiro atoms. The molecule has 2 aromatic rings. The van der Waals surface area contributed by atoms with Crippen molar-refractivity contribution < 1.29 is 18.7 Å². The molecule has 1 aromatic carbocycles. The van der Waals surface area contributed by atoms with E-state index in [1.165, 1.54) is 7.11 Å². The third kappa shape index (κ3) is 3.20. The predicted octanol–water partition coefficient (Wildman–Crippen LogP) is 4.68. The van der Waals surface area contributed by atoms with Crippen LogP contribution in [0.1, 0.15) is 42.9 Å². The fourth-order valence-electron chi connectivity index (χ4n) is 4.25. The third-order valence-electron chi connectivity index (χ3n) is 5.52. The Labute approximate surface area is 168 Å². The third-order valence-corrected chi connectivity index (χ3v) is 5.77. The van der Waals surface area contributed by atoms with Crippen LogP contribution < -0.4 is 0 Å². The SMILES string of the molecule is COC(=O)C1C(C)=NC2=C(C(=O)C[C@H](c3ccco3)C2)[C@@H]1c1ccc(Cl)cc1. The number of methoxy groups -OCH3 is 1. The topological polar surface area (TPSA) is 68.9 Å². The van der Waals surface area contributed by atoms with E-state index in [-0.39, 0.29) is 11.7 Å². The summed E-state index contributed by atoms with van der Waals surface area (Å²) in [5.74, 6) is -0.720. The van der Waals surface area contributed by atoms with Crippen LogP contribution in [0.5, 0.6) is 0 Å². The molecule has 144 valence electrons. The number of nitrogens with zero attached hydrogens (tertiary/aromatic N) is 1. The molecule has 4 rings (SSSR count). The van der Waals surface area contributed by atoms with Crippen molar-refractivity contribution in [1.82, 2.24) is 0 Å². The molecule has 2 heterocycles. The number of furan rings is 1. The van der Waals surface area contributed by atoms with E-state index in [1.807, 2.05) is 31.2 Å². The monoisotopic (exact) mass is 397 g/mol. The molecule has 1 aromatic heterocycles. The molecule has 3 atom stereocenters. The van der Waals surface area contributed by atoms with Crippen LogP contribution in [0.25, 0.3) is 0 Å². The fourth-order valence-corrected chi connectivity index (χ4v) is 4.37. The number of benzene rings is 1. The lowest BCUT2D eigenvalue weighted by molar-refractivity contribution is -0.143. The minimum absolute atomic E-state index is 0.00671. The van der Waals surface area contributed by atoms with Crippen LogP contribution in [0.2, 0.25) is 5.02 Å². The fraction of sp³-hybridized carbons (Fsp3) is 0.318. The average molecular weight is 398 g/mol. The summed E-state index contributed by atoms with van der Waals surface area (Å²) in [5, 5.41) is 0.599. The summed E-state index contributed by atoms with van der Waals surface area (Å²) < 4.78 is 10.6. The zero-order valence-electron chi connectivity index (χ0n) is 15.6. The first-order valence-electron chi connectivity index (χ1n) is 9.17. The molecule has 0 fully saturated rings. The second-order valence-electron chi connectivity index (χ2n) is 7.19. The molecule has 5 nitrogen and oxygen atoms in total. The lowest BCUT2D eigenvalue weighted by Crippen LogP contribution is -2.37. The predicted molar refractivity (Wildman–Crippen MR) is 106 cm³/mol. The lowest BCUT2D eigenvalue weighted by Gasteiger charge is -2.35. The lowest BCUT2D eigenvalue weighted by atomic mass is 9.70. The van der Waals surface area contributed by atoms with E-state index in [0.717, 1.165) is 17.0 Å². The molecule has 1 aliphatic heterocycles. The molecule has 6 heteroatoms. The zero-order valence-corrected chi connectivity index (χ0v) is 16.4. The minimum atomic E-state index is -0.631. The van der Waals surface area contributed by atoms with Crippen molar-refractivity contribution in [3.63, 3.8) is 0 Å². The highest BCUT2D eigenvalue weighted by atomic mass is 35.5. The summed E-state index contributed by atoms with van der Waals surface area (Å²) in [4.78, 5) is 30.4. The molecule has 0 bridgehead atoms. The second kappa shape index (κ2) is 7.40. The van der Waals surface area contributed by atoms with Crippen molar-refractivity contribution >= 4 is 29.1 Å². The first kappa shape index (κ1) is 18.7. The van der Waals surface area contributed by atoms with Crippen molar-refractivity contribution in [3.8, 4) is 0 Å². The van der Waals surface area contributed by atoms with Gasteiger partial charge in [-0.1, -0.05) is 23.7 Å². The van der Waals surface area contributed by atoms with E-state index in [1.54, 1.807) is 18.4 Å². The van der Waals surface area contributed by atoms with Crippen LogP contribution in [0.3, 0.4) is 0 Å². The number of carbonyl (C=O) groups excluding carboxylic acids is 2. The van der Waals surface area contributed by atoms with Crippen LogP contribution in [-0.2, 0) is 14.3 Å². The first-order valence-corrected chi connectivity index (χ1v) is 9.55. The average Bonchev–Trinajstić information content (AvgIpc) is 3.21. The Bertz CT molecular complexity index is 972. The van der Waals surface area contributed by atoms with Gasteiger partial charge in [0.1, 0.15) is 11.7 Å². The highest BCUT2D eigenvalue weighted by molar-refractivity contribution is 6.30. The number of carbonyl (C=O) groups is 2. The van der Waals surface area contributed by atoms with Crippen LogP contribution in [0.4, 0.5) is 0 Å². The summed E-state index contributed by atoms with van der Waals surface area (Å²) >= 11 is 6.04. The molecule has 0 N–H and O–H groups in total. The summed E-state index contributed by atoms with van der Waals surface area (Å²) in [6.45, 7) is 1.81. The standard InChI is InChI=1S/C22H20ClNO4/c1-12-19(22(26)27-2)20(13-5-7-15(23)8-6-13)21-16(24-12)10-14(11-17(21)25)18-4-3-9-28-18/h3-9,14,19-20H,10-11H2,1-2H3/t14-,19?,20-/m1/s1. The molecule has 28 heavy (non-hydrogen) atoms. The molecule has 0 radical (unpaired) electrons. The number of halogens is 1. The van der Waals surface area contributed by atoms with Gasteiger partial charge in [-0.25, -0.2) is 0 Å². The van der Waals surface area contributed by atoms with Crippen LogP contribution in [0, 0.1) is 5.92 Å². The van der Waals surface area contributed by atoms with Crippen molar-refractivity contribution in [2.75, 3.05) is 7.11 Å². The van der Waals surface area contributed by atoms with Crippen LogP contribution in [-0.4, -0.2) is 24.6 Å². The quantitative estimate of drug-likeness (QED) is 0.705. The van der Waals surface area contributed by atoms with Gasteiger partial charge in [0, 0.05) is 46.7 Å². The Kier molecular flexibility index (Phi) is 4.94. The van der Waals surface area contributed by atoms with Crippen molar-refractivity contribution in [2.24, 2.45) is 10.9 Å². The molecule has 0 amide bonds. The second-order valence-corrected chi connectivity index (χ2v) is 7.62. The van der Waals surface area contributed by atoms with Gasteiger partial charge in [0.2, 0.25) is 0 Å². The minimum Gasteiger partial charge on any atom is -0.469 e. The Morgan fingerprint density at radius 3 is 2.61 bits per heavy atom. The number of allylic oxidation sites excluding steroid dienone is 2. The Morgan fingerprint density at radius 2 is 1.96 bits per heavy atom. The van der Waals surface area contributed by atoms with Gasteiger partial charge in [0.15, 0.2) is 5.78 Å². The van der Waals surface area contributed by atoms with Crippen molar-refractivity contribution in [2.45, 2.75) is 31.6 Å². The van der Waals surface area contributed by atoms with Gasteiger partial charge in [-0.05, 0) is 36.8 Å². The number of hydrogen-bond acceptors (Lipinski definition) is 5. The first-order chi connectivity index (χ1) is 13.5. The zero-order chi connectivity index (χ0) is 19.8. The van der Waals surface area contributed by atoms with Gasteiger partial charge in [0.25, 0.3) is 0 Å². The molecular formula is C22H20ClNO4. The smallest absolute Gasteiger partial charge is 0.315 e. The van der Waals surface area contributed by atoms with E-state index in [9.17, 15) is 9.59 Å². The highest BCUT2D eigenvalue weighted by Gasteiger charge is 2.44.